The van der Waals surface area contributed by atoms with Gasteiger partial charge < -0.3 is 15.2 Å². The van der Waals surface area contributed by atoms with Gasteiger partial charge >= 0.3 is 5.97 Å². The molecule has 0 aromatic carbocycles. The molecule has 5 heteroatoms. The third-order valence-electron chi connectivity index (χ3n) is 2.81. The van der Waals surface area contributed by atoms with Crippen molar-refractivity contribution < 1.29 is 14.6 Å². The van der Waals surface area contributed by atoms with Gasteiger partial charge in [-0.3, -0.25) is 4.98 Å². The highest BCUT2D eigenvalue weighted by Crippen LogP contribution is 2.19. The molecular formula is C12H16N2O3. The second-order valence-corrected chi connectivity index (χ2v) is 4.15. The second-order valence-electron chi connectivity index (χ2n) is 4.15. The van der Waals surface area contributed by atoms with Gasteiger partial charge in [0.1, 0.15) is 0 Å². The minimum atomic E-state index is -0.861. The molecule has 0 aliphatic carbocycles. The van der Waals surface area contributed by atoms with Gasteiger partial charge in [-0.25, -0.2) is 4.79 Å². The number of carboxylic acids is 1. The fourth-order valence-corrected chi connectivity index (χ4v) is 1.92. The summed E-state index contributed by atoms with van der Waals surface area (Å²) in [5.41, 5.74) is 1.11. The molecule has 17 heavy (non-hydrogen) atoms. The fraction of sp³-hybridized carbons (Fsp3) is 0.500. The van der Waals surface area contributed by atoms with Crippen LogP contribution in [-0.2, 0) is 16.1 Å². The molecule has 0 saturated carbocycles. The molecule has 2 unspecified atom stereocenters. The lowest BCUT2D eigenvalue weighted by Crippen LogP contribution is -2.28. The Kier molecular flexibility index (Phi) is 4.06. The number of carbonyl (C=O) groups is 1. The zero-order valence-electron chi connectivity index (χ0n) is 9.50. The van der Waals surface area contributed by atoms with Crippen LogP contribution in [0.5, 0.6) is 0 Å². The topological polar surface area (TPSA) is 71.5 Å². The van der Waals surface area contributed by atoms with Crippen LogP contribution in [0, 0.1) is 0 Å². The summed E-state index contributed by atoms with van der Waals surface area (Å²) in [5.74, 6) is -0.861. The number of nitrogens with one attached hydrogen (secondary N) is 1. The molecule has 92 valence electrons. The van der Waals surface area contributed by atoms with Gasteiger partial charge in [0.25, 0.3) is 0 Å². The molecule has 1 aromatic rings. The summed E-state index contributed by atoms with van der Waals surface area (Å²) in [6.07, 6.45) is 4.34. The predicted molar refractivity (Wildman–Crippen MR) is 61.5 cm³/mol. The molecule has 2 atom stereocenters. The van der Waals surface area contributed by atoms with Crippen molar-refractivity contribution in [3.8, 4) is 0 Å². The van der Waals surface area contributed by atoms with Crippen molar-refractivity contribution in [1.29, 1.82) is 0 Å². The Hall–Kier alpha value is -1.46. The van der Waals surface area contributed by atoms with Crippen molar-refractivity contribution in [1.82, 2.24) is 10.3 Å². The van der Waals surface area contributed by atoms with Crippen molar-refractivity contribution in [2.75, 3.05) is 6.54 Å². The lowest BCUT2D eigenvalue weighted by atomic mass is 10.2. The summed E-state index contributed by atoms with van der Waals surface area (Å²) in [5, 5.41) is 12.0. The van der Waals surface area contributed by atoms with E-state index >= 15 is 0 Å². The van der Waals surface area contributed by atoms with E-state index < -0.39 is 12.1 Å². The first-order valence-corrected chi connectivity index (χ1v) is 5.73. The minimum absolute atomic E-state index is 0.00720. The van der Waals surface area contributed by atoms with Crippen molar-refractivity contribution in [2.24, 2.45) is 0 Å². The minimum Gasteiger partial charge on any atom is -0.479 e. The van der Waals surface area contributed by atoms with E-state index in [4.69, 9.17) is 9.84 Å². The zero-order chi connectivity index (χ0) is 12.1. The SMILES string of the molecule is O=C(O)C1CCC(CNCc2cccnc2)O1. The first kappa shape index (κ1) is 12.0. The van der Waals surface area contributed by atoms with Crippen LogP contribution in [0.1, 0.15) is 18.4 Å². The Balaban J connectivity index is 1.68. The Morgan fingerprint density at radius 2 is 2.47 bits per heavy atom. The van der Waals surface area contributed by atoms with E-state index in [1.165, 1.54) is 0 Å². The van der Waals surface area contributed by atoms with Crippen molar-refractivity contribution in [2.45, 2.75) is 31.6 Å². The monoisotopic (exact) mass is 236 g/mol. The lowest BCUT2D eigenvalue weighted by Gasteiger charge is -2.12. The van der Waals surface area contributed by atoms with Gasteiger partial charge in [0.15, 0.2) is 6.10 Å². The second kappa shape index (κ2) is 5.75. The third kappa shape index (κ3) is 3.51. The van der Waals surface area contributed by atoms with Gasteiger partial charge in [-0.1, -0.05) is 6.07 Å². The van der Waals surface area contributed by atoms with Crippen LogP contribution in [0.15, 0.2) is 24.5 Å². The number of pyridine rings is 1. The van der Waals surface area contributed by atoms with Crippen molar-refractivity contribution >= 4 is 5.97 Å². The third-order valence-corrected chi connectivity index (χ3v) is 2.81. The van der Waals surface area contributed by atoms with Crippen molar-refractivity contribution in [3.63, 3.8) is 0 Å². The van der Waals surface area contributed by atoms with Crippen LogP contribution >= 0.6 is 0 Å². The number of aliphatic carboxylic acids is 1. The van der Waals surface area contributed by atoms with Crippen LogP contribution in [0.25, 0.3) is 0 Å². The van der Waals surface area contributed by atoms with Gasteiger partial charge in [0.05, 0.1) is 6.10 Å². The molecular weight excluding hydrogens is 220 g/mol. The van der Waals surface area contributed by atoms with Gasteiger partial charge in [-0.2, -0.15) is 0 Å². The maximum Gasteiger partial charge on any atom is 0.332 e. The van der Waals surface area contributed by atoms with E-state index in [1.54, 1.807) is 6.20 Å². The molecule has 1 fully saturated rings. The molecule has 1 saturated heterocycles. The van der Waals surface area contributed by atoms with Gasteiger partial charge in [-0.05, 0) is 24.5 Å². The Labute approximate surface area is 99.8 Å². The number of hydrogen-bond acceptors (Lipinski definition) is 4. The van der Waals surface area contributed by atoms with E-state index in [-0.39, 0.29) is 6.10 Å². The largest absolute Gasteiger partial charge is 0.479 e. The number of carboxylic acid groups (broad SMARTS) is 1. The Morgan fingerprint density at radius 1 is 1.59 bits per heavy atom. The van der Waals surface area contributed by atoms with Crippen LogP contribution in [-0.4, -0.2) is 34.8 Å². The molecule has 1 aromatic heterocycles. The Bertz CT molecular complexity index is 369. The summed E-state index contributed by atoms with van der Waals surface area (Å²) in [4.78, 5) is 14.7. The standard InChI is InChI=1S/C12H16N2O3/c15-12(16)11-4-3-10(17-11)8-14-7-9-2-1-5-13-6-9/h1-2,5-6,10-11,14H,3-4,7-8H2,(H,15,16). The van der Waals surface area contributed by atoms with E-state index in [1.807, 2.05) is 18.3 Å². The zero-order valence-corrected chi connectivity index (χ0v) is 9.50. The van der Waals surface area contributed by atoms with Gasteiger partial charge in [-0.15, -0.1) is 0 Å². The molecule has 1 aliphatic heterocycles. The summed E-state index contributed by atoms with van der Waals surface area (Å²) >= 11 is 0. The van der Waals surface area contributed by atoms with Crippen LogP contribution in [0.3, 0.4) is 0 Å². The molecule has 5 nitrogen and oxygen atoms in total. The summed E-state index contributed by atoms with van der Waals surface area (Å²) < 4.78 is 5.38. The summed E-state index contributed by atoms with van der Waals surface area (Å²) in [6, 6.07) is 3.89. The molecule has 2 heterocycles. The van der Waals surface area contributed by atoms with Crippen LogP contribution in [0.4, 0.5) is 0 Å². The van der Waals surface area contributed by atoms with Gasteiger partial charge in [0.2, 0.25) is 0 Å². The maximum absolute atomic E-state index is 10.7. The molecule has 1 aliphatic rings. The van der Waals surface area contributed by atoms with E-state index in [2.05, 4.69) is 10.3 Å². The Morgan fingerprint density at radius 3 is 3.12 bits per heavy atom. The summed E-state index contributed by atoms with van der Waals surface area (Å²) in [7, 11) is 0. The van der Waals surface area contributed by atoms with Crippen molar-refractivity contribution in [3.05, 3.63) is 30.1 Å². The number of hydrogen-bond donors (Lipinski definition) is 2. The number of ether oxygens (including phenoxy) is 1. The number of rotatable bonds is 5. The predicted octanol–water partition coefficient (Wildman–Crippen LogP) is 0.803. The number of nitrogens with zero attached hydrogens (tertiary/aromatic N) is 1. The smallest absolute Gasteiger partial charge is 0.332 e. The average molecular weight is 236 g/mol. The van der Waals surface area contributed by atoms with E-state index in [0.717, 1.165) is 18.5 Å². The molecule has 0 radical (unpaired) electrons. The quantitative estimate of drug-likeness (QED) is 0.791. The fourth-order valence-electron chi connectivity index (χ4n) is 1.92. The first-order valence-electron chi connectivity index (χ1n) is 5.73. The number of aromatic nitrogens is 1. The average Bonchev–Trinajstić information content (AvgIpc) is 2.79. The maximum atomic E-state index is 10.7. The molecule has 0 bridgehead atoms. The molecule has 2 N–H and O–H groups in total. The highest BCUT2D eigenvalue weighted by atomic mass is 16.5. The molecule has 2 rings (SSSR count). The molecule has 0 spiro atoms. The van der Waals surface area contributed by atoms with E-state index in [0.29, 0.717) is 13.0 Å². The highest BCUT2D eigenvalue weighted by molar-refractivity contribution is 5.72. The lowest BCUT2D eigenvalue weighted by molar-refractivity contribution is -0.149. The van der Waals surface area contributed by atoms with E-state index in [9.17, 15) is 4.79 Å². The van der Waals surface area contributed by atoms with Gasteiger partial charge in [0, 0.05) is 25.5 Å². The first-order chi connectivity index (χ1) is 8.25. The van der Waals surface area contributed by atoms with Crippen LogP contribution < -0.4 is 5.32 Å². The normalized spacial score (nSPS) is 23.8. The highest BCUT2D eigenvalue weighted by Gasteiger charge is 2.29. The molecule has 0 amide bonds. The van der Waals surface area contributed by atoms with Crippen LogP contribution in [0.2, 0.25) is 0 Å². The summed E-state index contributed by atoms with van der Waals surface area (Å²) in [6.45, 7) is 1.41.